The number of thiophene rings is 1. The number of nitrogens with zero attached hydrogens (tertiary/aromatic N) is 2. The van der Waals surface area contributed by atoms with Crippen LogP contribution in [-0.4, -0.2) is 16.2 Å². The summed E-state index contributed by atoms with van der Waals surface area (Å²) in [7, 11) is 0. The van der Waals surface area contributed by atoms with Crippen molar-refractivity contribution < 1.29 is 4.74 Å². The third-order valence-electron chi connectivity index (χ3n) is 2.83. The molecule has 3 aromatic rings. The lowest BCUT2D eigenvalue weighted by atomic mass is 10.3. The second-order valence-corrected chi connectivity index (χ2v) is 5.90. The standard InChI is InChI=1S/C14H13N3OS2/c1-19-10-4-2-9(3-5-10)18-8-12-16-13(15)11-6-7-20-14(11)17-12/h2-7H,8H2,1H3,(H2,15,16,17). The second kappa shape index (κ2) is 5.68. The molecule has 2 heterocycles. The van der Waals surface area contributed by atoms with Crippen LogP contribution < -0.4 is 10.5 Å². The highest BCUT2D eigenvalue weighted by Crippen LogP contribution is 2.24. The summed E-state index contributed by atoms with van der Waals surface area (Å²) in [6, 6.07) is 9.87. The molecule has 3 rings (SSSR count). The van der Waals surface area contributed by atoms with Crippen LogP contribution in [0.1, 0.15) is 5.82 Å². The first kappa shape index (κ1) is 13.2. The molecule has 6 heteroatoms. The van der Waals surface area contributed by atoms with Gasteiger partial charge in [-0.1, -0.05) is 0 Å². The first-order chi connectivity index (χ1) is 9.76. The van der Waals surface area contributed by atoms with Crippen molar-refractivity contribution in [3.8, 4) is 5.75 Å². The number of nitrogens with two attached hydrogens (primary N) is 1. The number of thioether (sulfide) groups is 1. The zero-order valence-corrected chi connectivity index (χ0v) is 12.5. The Balaban J connectivity index is 1.75. The Morgan fingerprint density at radius 2 is 2.00 bits per heavy atom. The Hall–Kier alpha value is -1.79. The highest BCUT2D eigenvalue weighted by Gasteiger charge is 2.07. The molecular formula is C14H13N3OS2. The van der Waals surface area contributed by atoms with Gasteiger partial charge in [0.1, 0.15) is 23.0 Å². The van der Waals surface area contributed by atoms with Crippen molar-refractivity contribution in [2.45, 2.75) is 11.5 Å². The molecule has 0 bridgehead atoms. The van der Waals surface area contributed by atoms with Gasteiger partial charge in [-0.25, -0.2) is 9.97 Å². The van der Waals surface area contributed by atoms with Gasteiger partial charge in [-0.3, -0.25) is 0 Å². The van der Waals surface area contributed by atoms with E-state index in [0.29, 0.717) is 18.2 Å². The summed E-state index contributed by atoms with van der Waals surface area (Å²) in [6.45, 7) is 0.316. The van der Waals surface area contributed by atoms with Gasteiger partial charge in [-0.15, -0.1) is 23.1 Å². The van der Waals surface area contributed by atoms with Crippen molar-refractivity contribution in [3.05, 3.63) is 41.5 Å². The Morgan fingerprint density at radius 1 is 1.20 bits per heavy atom. The van der Waals surface area contributed by atoms with Gasteiger partial charge >= 0.3 is 0 Å². The minimum absolute atomic E-state index is 0.316. The van der Waals surface area contributed by atoms with Gasteiger partial charge in [0.15, 0.2) is 5.82 Å². The Bertz CT molecular complexity index is 725. The van der Waals surface area contributed by atoms with Crippen molar-refractivity contribution in [1.82, 2.24) is 9.97 Å². The van der Waals surface area contributed by atoms with Crippen LogP contribution in [0.2, 0.25) is 0 Å². The molecule has 0 radical (unpaired) electrons. The number of hydrogen-bond acceptors (Lipinski definition) is 6. The lowest BCUT2D eigenvalue weighted by Gasteiger charge is -2.06. The lowest BCUT2D eigenvalue weighted by Crippen LogP contribution is -2.04. The molecule has 0 aliphatic carbocycles. The molecule has 0 saturated heterocycles. The first-order valence-corrected chi connectivity index (χ1v) is 8.13. The molecule has 20 heavy (non-hydrogen) atoms. The maximum atomic E-state index is 5.91. The van der Waals surface area contributed by atoms with Crippen LogP contribution in [0, 0.1) is 0 Å². The third-order valence-corrected chi connectivity index (χ3v) is 4.38. The molecule has 0 aliphatic rings. The SMILES string of the molecule is CSc1ccc(OCc2nc(N)c3ccsc3n2)cc1. The number of ether oxygens (including phenoxy) is 1. The Kier molecular flexibility index (Phi) is 3.75. The largest absolute Gasteiger partial charge is 0.486 e. The number of benzene rings is 1. The third kappa shape index (κ3) is 2.71. The molecular weight excluding hydrogens is 290 g/mol. The fraction of sp³-hybridized carbons (Fsp3) is 0.143. The summed E-state index contributed by atoms with van der Waals surface area (Å²) in [5.41, 5.74) is 5.91. The van der Waals surface area contributed by atoms with E-state index in [-0.39, 0.29) is 0 Å². The summed E-state index contributed by atoms with van der Waals surface area (Å²) in [5.74, 6) is 1.91. The highest BCUT2D eigenvalue weighted by molar-refractivity contribution is 7.98. The van der Waals surface area contributed by atoms with E-state index in [9.17, 15) is 0 Å². The van der Waals surface area contributed by atoms with E-state index in [2.05, 4.69) is 9.97 Å². The Labute approximate surface area is 125 Å². The van der Waals surface area contributed by atoms with E-state index in [1.807, 2.05) is 42.0 Å². The molecule has 0 fully saturated rings. The average molecular weight is 303 g/mol. The molecule has 2 N–H and O–H groups in total. The van der Waals surface area contributed by atoms with E-state index in [1.54, 1.807) is 23.1 Å². The summed E-state index contributed by atoms with van der Waals surface area (Å²) in [6.07, 6.45) is 2.04. The van der Waals surface area contributed by atoms with Crippen LogP contribution in [0.3, 0.4) is 0 Å². The minimum Gasteiger partial charge on any atom is -0.486 e. The molecule has 4 nitrogen and oxygen atoms in total. The fourth-order valence-corrected chi connectivity index (χ4v) is 3.01. The van der Waals surface area contributed by atoms with Crippen LogP contribution in [0.5, 0.6) is 5.75 Å². The van der Waals surface area contributed by atoms with Gasteiger partial charge < -0.3 is 10.5 Å². The minimum atomic E-state index is 0.316. The van der Waals surface area contributed by atoms with Crippen LogP contribution in [0.4, 0.5) is 5.82 Å². The summed E-state index contributed by atoms with van der Waals surface area (Å²) < 4.78 is 5.69. The maximum absolute atomic E-state index is 5.91. The van der Waals surface area contributed by atoms with Crippen LogP contribution in [-0.2, 0) is 6.61 Å². The van der Waals surface area contributed by atoms with Gasteiger partial charge in [0.2, 0.25) is 0 Å². The summed E-state index contributed by atoms with van der Waals surface area (Å²) in [4.78, 5) is 10.8. The predicted molar refractivity (Wildman–Crippen MR) is 84.4 cm³/mol. The molecule has 0 atom stereocenters. The molecule has 0 spiro atoms. The van der Waals surface area contributed by atoms with Crippen LogP contribution >= 0.6 is 23.1 Å². The van der Waals surface area contributed by atoms with Crippen LogP contribution in [0.15, 0.2) is 40.6 Å². The molecule has 1 aromatic carbocycles. The van der Waals surface area contributed by atoms with E-state index in [1.165, 1.54) is 4.90 Å². The van der Waals surface area contributed by atoms with E-state index in [0.717, 1.165) is 16.0 Å². The number of fused-ring (bicyclic) bond motifs is 1. The average Bonchev–Trinajstić information content (AvgIpc) is 2.94. The molecule has 102 valence electrons. The number of anilines is 1. The van der Waals surface area contributed by atoms with Gasteiger partial charge in [0.25, 0.3) is 0 Å². The number of hydrogen-bond donors (Lipinski definition) is 1. The zero-order valence-electron chi connectivity index (χ0n) is 10.9. The molecule has 0 unspecified atom stereocenters. The second-order valence-electron chi connectivity index (χ2n) is 4.13. The van der Waals surface area contributed by atoms with Crippen molar-refractivity contribution in [2.24, 2.45) is 0 Å². The van der Waals surface area contributed by atoms with Crippen LogP contribution in [0.25, 0.3) is 10.2 Å². The van der Waals surface area contributed by atoms with Gasteiger partial charge in [-0.05, 0) is 42.0 Å². The number of nitrogen functional groups attached to an aromatic ring is 1. The van der Waals surface area contributed by atoms with E-state index >= 15 is 0 Å². The molecule has 2 aromatic heterocycles. The van der Waals surface area contributed by atoms with Crippen molar-refractivity contribution in [2.75, 3.05) is 12.0 Å². The summed E-state index contributed by atoms with van der Waals surface area (Å²) >= 11 is 3.25. The highest BCUT2D eigenvalue weighted by atomic mass is 32.2. The van der Waals surface area contributed by atoms with Gasteiger partial charge in [0, 0.05) is 4.90 Å². The van der Waals surface area contributed by atoms with Crippen molar-refractivity contribution in [1.29, 1.82) is 0 Å². The number of rotatable bonds is 4. The quantitative estimate of drug-likeness (QED) is 0.747. The van der Waals surface area contributed by atoms with Crippen molar-refractivity contribution >= 4 is 39.1 Å². The fourth-order valence-electron chi connectivity index (χ4n) is 1.81. The van der Waals surface area contributed by atoms with E-state index in [4.69, 9.17) is 10.5 Å². The predicted octanol–water partition coefficient (Wildman–Crippen LogP) is 3.57. The molecule has 0 aliphatic heterocycles. The smallest absolute Gasteiger partial charge is 0.169 e. The molecule has 0 saturated carbocycles. The Morgan fingerprint density at radius 3 is 2.75 bits per heavy atom. The maximum Gasteiger partial charge on any atom is 0.169 e. The zero-order chi connectivity index (χ0) is 13.9. The normalized spacial score (nSPS) is 10.8. The van der Waals surface area contributed by atoms with Gasteiger partial charge in [-0.2, -0.15) is 0 Å². The molecule has 0 amide bonds. The van der Waals surface area contributed by atoms with E-state index < -0.39 is 0 Å². The topological polar surface area (TPSA) is 61.0 Å². The lowest BCUT2D eigenvalue weighted by molar-refractivity contribution is 0.296. The van der Waals surface area contributed by atoms with Gasteiger partial charge in [0.05, 0.1) is 5.39 Å². The first-order valence-electron chi connectivity index (χ1n) is 6.03. The number of aromatic nitrogens is 2. The summed E-state index contributed by atoms with van der Waals surface area (Å²) in [5, 5.41) is 2.87. The van der Waals surface area contributed by atoms with Crippen molar-refractivity contribution in [3.63, 3.8) is 0 Å². The monoisotopic (exact) mass is 303 g/mol.